The number of carboxylic acids is 1. The minimum atomic E-state index is -0.797. The zero-order chi connectivity index (χ0) is 20.7. The van der Waals surface area contributed by atoms with Crippen molar-refractivity contribution in [1.82, 2.24) is 9.78 Å². The number of halogens is 2. The van der Waals surface area contributed by atoms with Gasteiger partial charge in [-0.25, -0.2) is 4.39 Å². The molecule has 1 aliphatic rings. The van der Waals surface area contributed by atoms with Gasteiger partial charge in [0.15, 0.2) is 0 Å². The second-order valence-electron chi connectivity index (χ2n) is 7.55. The van der Waals surface area contributed by atoms with Crippen molar-refractivity contribution in [2.24, 2.45) is 5.92 Å². The van der Waals surface area contributed by atoms with Crippen LogP contribution >= 0.6 is 11.6 Å². The van der Waals surface area contributed by atoms with Crippen LogP contribution in [-0.4, -0.2) is 26.8 Å². The first-order valence-corrected chi connectivity index (χ1v) is 9.96. The lowest BCUT2D eigenvalue weighted by atomic mass is 9.80. The molecule has 0 unspecified atom stereocenters. The van der Waals surface area contributed by atoms with Gasteiger partial charge in [0, 0.05) is 5.92 Å². The Morgan fingerprint density at radius 2 is 1.83 bits per heavy atom. The molecular formula is C22H20ClFN2O3. The Balaban J connectivity index is 1.80. The Kier molecular flexibility index (Phi) is 5.13. The largest absolute Gasteiger partial charge is 0.481 e. The summed E-state index contributed by atoms with van der Waals surface area (Å²) in [6.07, 6.45) is 2.22. The summed E-state index contributed by atoms with van der Waals surface area (Å²) in [6.45, 7) is 1.79. The number of benzene rings is 2. The van der Waals surface area contributed by atoms with Crippen molar-refractivity contribution < 1.29 is 19.1 Å². The maximum Gasteiger partial charge on any atom is 0.306 e. The average Bonchev–Trinajstić information content (AvgIpc) is 3.09. The fourth-order valence-electron chi connectivity index (χ4n) is 4.22. The first kappa shape index (κ1) is 19.6. The molecule has 1 saturated carbocycles. The van der Waals surface area contributed by atoms with Crippen molar-refractivity contribution >= 4 is 34.4 Å². The number of carboxylic acid groups (broad SMARTS) is 1. The number of aromatic nitrogens is 2. The highest BCUT2D eigenvalue weighted by Crippen LogP contribution is 2.39. The maximum absolute atomic E-state index is 14.8. The predicted molar refractivity (Wildman–Crippen MR) is 108 cm³/mol. The standard InChI is InChI=1S/C22H20ClFN2O3/c1-12-4-2-5-15(23)18(12)21(27)26-17-7-3-6-16(24)19(17)20(25-26)13-8-10-14(11-9-13)22(28)29/h2-7,13-14H,8-11H2,1H3,(H,28,29). The molecule has 29 heavy (non-hydrogen) atoms. The summed E-state index contributed by atoms with van der Waals surface area (Å²) in [6, 6.07) is 9.77. The zero-order valence-corrected chi connectivity index (χ0v) is 16.6. The van der Waals surface area contributed by atoms with E-state index in [9.17, 15) is 19.1 Å². The van der Waals surface area contributed by atoms with Crippen LogP contribution in [0, 0.1) is 18.7 Å². The highest BCUT2D eigenvalue weighted by Gasteiger charge is 2.31. The molecule has 2 aromatic carbocycles. The number of hydrogen-bond acceptors (Lipinski definition) is 3. The zero-order valence-electron chi connectivity index (χ0n) is 15.9. The number of aryl methyl sites for hydroxylation is 1. The minimum absolute atomic E-state index is 0.0913. The van der Waals surface area contributed by atoms with E-state index in [1.165, 1.54) is 10.7 Å². The molecule has 0 saturated heterocycles. The van der Waals surface area contributed by atoms with Crippen LogP contribution in [-0.2, 0) is 4.79 Å². The fraction of sp³-hybridized carbons (Fsp3) is 0.318. The number of fused-ring (bicyclic) bond motifs is 1. The number of hydrogen-bond donors (Lipinski definition) is 1. The number of aliphatic carboxylic acids is 1. The summed E-state index contributed by atoms with van der Waals surface area (Å²) >= 11 is 6.27. The molecule has 0 spiro atoms. The predicted octanol–water partition coefficient (Wildman–Crippen LogP) is 5.18. The van der Waals surface area contributed by atoms with E-state index in [1.807, 2.05) is 0 Å². The first-order chi connectivity index (χ1) is 13.9. The van der Waals surface area contributed by atoms with E-state index in [4.69, 9.17) is 11.6 Å². The number of nitrogens with zero attached hydrogens (tertiary/aromatic N) is 2. The summed E-state index contributed by atoms with van der Waals surface area (Å²) < 4.78 is 16.0. The average molecular weight is 415 g/mol. The molecule has 1 heterocycles. The van der Waals surface area contributed by atoms with Gasteiger partial charge in [-0.2, -0.15) is 9.78 Å². The van der Waals surface area contributed by atoms with Gasteiger partial charge >= 0.3 is 5.97 Å². The second-order valence-corrected chi connectivity index (χ2v) is 7.96. The molecule has 0 atom stereocenters. The number of carbonyl (C=O) groups excluding carboxylic acids is 1. The Morgan fingerprint density at radius 1 is 1.14 bits per heavy atom. The Hall–Kier alpha value is -2.73. The van der Waals surface area contributed by atoms with Gasteiger partial charge in [-0.1, -0.05) is 29.8 Å². The van der Waals surface area contributed by atoms with E-state index in [1.54, 1.807) is 37.3 Å². The first-order valence-electron chi connectivity index (χ1n) is 9.58. The third kappa shape index (κ3) is 3.42. The van der Waals surface area contributed by atoms with Gasteiger partial charge in [-0.3, -0.25) is 9.59 Å². The quantitative estimate of drug-likeness (QED) is 0.640. The van der Waals surface area contributed by atoms with E-state index in [-0.39, 0.29) is 11.8 Å². The third-order valence-electron chi connectivity index (χ3n) is 5.77. The van der Waals surface area contributed by atoms with Crippen LogP contribution in [0.2, 0.25) is 5.02 Å². The molecule has 1 fully saturated rings. The molecule has 0 aliphatic heterocycles. The Morgan fingerprint density at radius 3 is 2.48 bits per heavy atom. The van der Waals surface area contributed by atoms with Crippen molar-refractivity contribution in [2.75, 3.05) is 0 Å². The second kappa shape index (κ2) is 7.59. The van der Waals surface area contributed by atoms with Gasteiger partial charge in [-0.05, 0) is 56.4 Å². The molecule has 3 aromatic rings. The van der Waals surface area contributed by atoms with Gasteiger partial charge in [0.05, 0.1) is 33.1 Å². The van der Waals surface area contributed by atoms with E-state index in [2.05, 4.69) is 5.10 Å². The van der Waals surface area contributed by atoms with Crippen molar-refractivity contribution in [2.45, 2.75) is 38.5 Å². The number of rotatable bonds is 3. The van der Waals surface area contributed by atoms with Crippen molar-refractivity contribution in [3.63, 3.8) is 0 Å². The van der Waals surface area contributed by atoms with Crippen LogP contribution < -0.4 is 0 Å². The summed E-state index contributed by atoms with van der Waals surface area (Å²) in [5, 5.41) is 14.4. The third-order valence-corrected chi connectivity index (χ3v) is 6.09. The van der Waals surface area contributed by atoms with Crippen LogP contribution in [0.3, 0.4) is 0 Å². The summed E-state index contributed by atoms with van der Waals surface area (Å²) in [5.41, 5.74) is 1.96. The monoisotopic (exact) mass is 414 g/mol. The SMILES string of the molecule is Cc1cccc(Cl)c1C(=O)n1nc(C2CCC(C(=O)O)CC2)c2c(F)cccc21. The van der Waals surface area contributed by atoms with Gasteiger partial charge < -0.3 is 5.11 Å². The number of carbonyl (C=O) groups is 2. The lowest BCUT2D eigenvalue weighted by Crippen LogP contribution is -2.21. The van der Waals surface area contributed by atoms with Crippen LogP contribution in [0.4, 0.5) is 4.39 Å². The van der Waals surface area contributed by atoms with E-state index < -0.39 is 17.7 Å². The molecule has 0 radical (unpaired) electrons. The van der Waals surface area contributed by atoms with Gasteiger partial charge in [0.2, 0.25) is 0 Å². The Bertz CT molecular complexity index is 1100. The molecule has 4 rings (SSSR count). The minimum Gasteiger partial charge on any atom is -0.481 e. The van der Waals surface area contributed by atoms with Crippen LogP contribution in [0.5, 0.6) is 0 Å². The van der Waals surface area contributed by atoms with E-state index in [0.717, 1.165) is 0 Å². The molecule has 0 amide bonds. The van der Waals surface area contributed by atoms with Crippen LogP contribution in [0.1, 0.15) is 53.2 Å². The Labute approximate surface area is 172 Å². The molecule has 1 aromatic heterocycles. The molecule has 150 valence electrons. The topological polar surface area (TPSA) is 72.2 Å². The molecule has 7 heteroatoms. The van der Waals surface area contributed by atoms with Crippen molar-refractivity contribution in [1.29, 1.82) is 0 Å². The lowest BCUT2D eigenvalue weighted by Gasteiger charge is -2.25. The normalized spacial score (nSPS) is 19.4. The van der Waals surface area contributed by atoms with Crippen LogP contribution in [0.15, 0.2) is 36.4 Å². The molecule has 5 nitrogen and oxygen atoms in total. The lowest BCUT2D eigenvalue weighted by molar-refractivity contribution is -0.142. The maximum atomic E-state index is 14.8. The van der Waals surface area contributed by atoms with Crippen LogP contribution in [0.25, 0.3) is 10.9 Å². The smallest absolute Gasteiger partial charge is 0.306 e. The molecule has 1 N–H and O–H groups in total. The van der Waals surface area contributed by atoms with E-state index >= 15 is 0 Å². The summed E-state index contributed by atoms with van der Waals surface area (Å²) in [4.78, 5) is 24.5. The van der Waals surface area contributed by atoms with Gasteiger partial charge in [-0.15, -0.1) is 0 Å². The highest BCUT2D eigenvalue weighted by molar-refractivity contribution is 6.34. The summed E-state index contributed by atoms with van der Waals surface area (Å²) in [5.74, 6) is -2.11. The molecular weight excluding hydrogens is 395 g/mol. The molecule has 0 bridgehead atoms. The van der Waals surface area contributed by atoms with Gasteiger partial charge in [0.25, 0.3) is 5.91 Å². The van der Waals surface area contributed by atoms with E-state index in [0.29, 0.717) is 58.4 Å². The van der Waals surface area contributed by atoms with Crippen molar-refractivity contribution in [3.05, 3.63) is 64.1 Å². The van der Waals surface area contributed by atoms with Crippen molar-refractivity contribution in [3.8, 4) is 0 Å². The van der Waals surface area contributed by atoms with Gasteiger partial charge in [0.1, 0.15) is 5.82 Å². The highest BCUT2D eigenvalue weighted by atomic mass is 35.5. The summed E-state index contributed by atoms with van der Waals surface area (Å²) in [7, 11) is 0. The fourth-order valence-corrected chi connectivity index (χ4v) is 4.52. The molecule has 1 aliphatic carbocycles.